The predicted octanol–water partition coefficient (Wildman–Crippen LogP) is 9.43. The van der Waals surface area contributed by atoms with Gasteiger partial charge in [-0.05, 0) is 36.4 Å². The zero-order valence-electron chi connectivity index (χ0n) is 20.4. The molecular formula is C33H18BrN3O2. The van der Waals surface area contributed by atoms with Crippen molar-refractivity contribution in [2.24, 2.45) is 0 Å². The molecule has 0 N–H and O–H groups in total. The topological polar surface area (TPSA) is 65.0 Å². The van der Waals surface area contributed by atoms with E-state index in [9.17, 15) is 0 Å². The van der Waals surface area contributed by atoms with Crippen molar-refractivity contribution in [3.8, 4) is 34.2 Å². The van der Waals surface area contributed by atoms with Crippen LogP contribution < -0.4 is 0 Å². The molecular weight excluding hydrogens is 550 g/mol. The minimum absolute atomic E-state index is 0.583. The molecule has 0 atom stereocenters. The molecule has 3 heterocycles. The molecule has 6 heteroatoms. The highest BCUT2D eigenvalue weighted by Gasteiger charge is 2.20. The number of benzene rings is 5. The molecule has 0 radical (unpaired) electrons. The van der Waals surface area contributed by atoms with E-state index in [0.29, 0.717) is 17.5 Å². The van der Waals surface area contributed by atoms with Gasteiger partial charge in [-0.2, -0.15) is 0 Å². The van der Waals surface area contributed by atoms with Crippen LogP contribution in [0.3, 0.4) is 0 Å². The summed E-state index contributed by atoms with van der Waals surface area (Å²) in [5.41, 5.74) is 5.94. The summed E-state index contributed by atoms with van der Waals surface area (Å²) in [6.07, 6.45) is 0. The lowest BCUT2D eigenvalue weighted by Crippen LogP contribution is -2.00. The molecule has 0 fully saturated rings. The third-order valence-electron chi connectivity index (χ3n) is 7.02. The average molecular weight is 568 g/mol. The van der Waals surface area contributed by atoms with E-state index < -0.39 is 0 Å². The molecule has 0 unspecified atom stereocenters. The normalized spacial score (nSPS) is 11.7. The fourth-order valence-electron chi connectivity index (χ4n) is 5.27. The van der Waals surface area contributed by atoms with Crippen molar-refractivity contribution < 1.29 is 8.83 Å². The number of aromatic nitrogens is 3. The molecule has 0 spiro atoms. The van der Waals surface area contributed by atoms with Gasteiger partial charge in [0.2, 0.25) is 0 Å². The molecule has 0 saturated carbocycles. The lowest BCUT2D eigenvalue weighted by molar-refractivity contribution is 0.668. The molecule has 8 rings (SSSR count). The van der Waals surface area contributed by atoms with E-state index in [1.54, 1.807) is 0 Å². The van der Waals surface area contributed by atoms with Gasteiger partial charge in [-0.3, -0.25) is 0 Å². The number of hydrogen-bond donors (Lipinski definition) is 0. The maximum Gasteiger partial charge on any atom is 0.164 e. The molecule has 184 valence electrons. The van der Waals surface area contributed by atoms with Crippen LogP contribution in [-0.4, -0.2) is 15.0 Å². The fraction of sp³-hybridized carbons (Fsp3) is 0. The first kappa shape index (κ1) is 22.2. The molecule has 0 bridgehead atoms. The highest BCUT2D eigenvalue weighted by molar-refractivity contribution is 9.10. The second kappa shape index (κ2) is 8.61. The summed E-state index contributed by atoms with van der Waals surface area (Å²) in [5, 5.41) is 4.02. The Morgan fingerprint density at radius 3 is 1.44 bits per heavy atom. The highest BCUT2D eigenvalue weighted by Crippen LogP contribution is 2.39. The Morgan fingerprint density at radius 1 is 0.436 bits per heavy atom. The fourth-order valence-corrected chi connectivity index (χ4v) is 5.53. The molecule has 0 aliphatic heterocycles. The van der Waals surface area contributed by atoms with Gasteiger partial charge in [0.15, 0.2) is 17.5 Å². The highest BCUT2D eigenvalue weighted by atomic mass is 79.9. The van der Waals surface area contributed by atoms with Crippen LogP contribution in [0.1, 0.15) is 0 Å². The van der Waals surface area contributed by atoms with Gasteiger partial charge in [-0.25, -0.2) is 15.0 Å². The minimum Gasteiger partial charge on any atom is -0.456 e. The maximum absolute atomic E-state index is 6.16. The third-order valence-corrected chi connectivity index (χ3v) is 7.55. The molecule has 0 amide bonds. The summed E-state index contributed by atoms with van der Waals surface area (Å²) in [5.74, 6) is 1.76. The number of furan rings is 2. The zero-order valence-corrected chi connectivity index (χ0v) is 22.0. The summed E-state index contributed by atoms with van der Waals surface area (Å²) in [7, 11) is 0. The van der Waals surface area contributed by atoms with Crippen LogP contribution in [0.15, 0.2) is 123 Å². The van der Waals surface area contributed by atoms with Gasteiger partial charge < -0.3 is 8.83 Å². The van der Waals surface area contributed by atoms with Crippen molar-refractivity contribution in [2.45, 2.75) is 0 Å². The Labute approximate surface area is 230 Å². The van der Waals surface area contributed by atoms with Crippen molar-refractivity contribution in [1.82, 2.24) is 15.0 Å². The smallest absolute Gasteiger partial charge is 0.164 e. The Hall–Kier alpha value is -4.81. The summed E-state index contributed by atoms with van der Waals surface area (Å²) in [6.45, 7) is 0. The SMILES string of the molecule is Brc1ccc(-c2nc(-c3cccc4oc5ccccc5c34)nc(-c3cccc4oc5ccccc5c34)n2)cc1. The van der Waals surface area contributed by atoms with E-state index in [4.69, 9.17) is 23.8 Å². The number of halogens is 1. The predicted molar refractivity (Wildman–Crippen MR) is 158 cm³/mol. The van der Waals surface area contributed by atoms with Gasteiger partial charge in [0.25, 0.3) is 0 Å². The minimum atomic E-state index is 0.583. The van der Waals surface area contributed by atoms with E-state index >= 15 is 0 Å². The Balaban J connectivity index is 1.45. The van der Waals surface area contributed by atoms with Gasteiger partial charge in [-0.15, -0.1) is 0 Å². The maximum atomic E-state index is 6.16. The molecule has 5 nitrogen and oxygen atoms in total. The number of rotatable bonds is 3. The van der Waals surface area contributed by atoms with Crippen LogP contribution in [0.4, 0.5) is 0 Å². The lowest BCUT2D eigenvalue weighted by atomic mass is 10.0. The van der Waals surface area contributed by atoms with Crippen LogP contribution >= 0.6 is 15.9 Å². The summed E-state index contributed by atoms with van der Waals surface area (Å²) < 4.78 is 13.3. The molecule has 39 heavy (non-hydrogen) atoms. The van der Waals surface area contributed by atoms with Crippen molar-refractivity contribution in [3.63, 3.8) is 0 Å². The number of nitrogens with zero attached hydrogens (tertiary/aromatic N) is 3. The third kappa shape index (κ3) is 3.56. The Bertz CT molecular complexity index is 2060. The van der Waals surface area contributed by atoms with Crippen LogP contribution in [0.25, 0.3) is 78.0 Å². The van der Waals surface area contributed by atoms with E-state index in [0.717, 1.165) is 65.0 Å². The molecule has 8 aromatic rings. The van der Waals surface area contributed by atoms with Crippen molar-refractivity contribution in [2.75, 3.05) is 0 Å². The van der Waals surface area contributed by atoms with Gasteiger partial charge in [0.05, 0.1) is 0 Å². The second-order valence-corrected chi connectivity index (χ2v) is 10.3. The van der Waals surface area contributed by atoms with Crippen molar-refractivity contribution in [1.29, 1.82) is 0 Å². The van der Waals surface area contributed by atoms with Crippen molar-refractivity contribution >= 4 is 59.8 Å². The standard InChI is InChI=1S/C33H18BrN3O2/c34-20-17-15-19(16-18-20)31-35-32(23-9-5-13-27-29(23)21-7-1-3-11-25(21)38-27)37-33(36-31)24-10-6-14-28-30(24)22-8-2-4-12-26(22)39-28/h1-18H. The van der Waals surface area contributed by atoms with E-state index in [1.807, 2.05) is 97.1 Å². The van der Waals surface area contributed by atoms with E-state index in [2.05, 4.69) is 28.1 Å². The molecule has 5 aromatic carbocycles. The largest absolute Gasteiger partial charge is 0.456 e. The first-order chi connectivity index (χ1) is 19.2. The van der Waals surface area contributed by atoms with Gasteiger partial charge >= 0.3 is 0 Å². The van der Waals surface area contributed by atoms with Crippen LogP contribution in [0, 0.1) is 0 Å². The van der Waals surface area contributed by atoms with Crippen LogP contribution in [0.5, 0.6) is 0 Å². The quantitative estimate of drug-likeness (QED) is 0.212. The summed E-state index contributed by atoms with van der Waals surface area (Å²) in [4.78, 5) is 15.1. The van der Waals surface area contributed by atoms with Crippen LogP contribution in [-0.2, 0) is 0 Å². The number of fused-ring (bicyclic) bond motifs is 6. The second-order valence-electron chi connectivity index (χ2n) is 9.37. The molecule has 0 aliphatic carbocycles. The zero-order chi connectivity index (χ0) is 25.9. The molecule has 0 saturated heterocycles. The van der Waals surface area contributed by atoms with Gasteiger partial charge in [-0.1, -0.05) is 88.7 Å². The number of para-hydroxylation sites is 2. The Kier molecular flexibility index (Phi) is 4.90. The van der Waals surface area contributed by atoms with E-state index in [-0.39, 0.29) is 0 Å². The number of hydrogen-bond acceptors (Lipinski definition) is 5. The van der Waals surface area contributed by atoms with Crippen LogP contribution in [0.2, 0.25) is 0 Å². The summed E-state index contributed by atoms with van der Waals surface area (Å²) in [6, 6.07) is 36.1. The Morgan fingerprint density at radius 2 is 0.897 bits per heavy atom. The average Bonchev–Trinajstić information content (AvgIpc) is 3.56. The lowest BCUT2D eigenvalue weighted by Gasteiger charge is -2.10. The van der Waals surface area contributed by atoms with Gasteiger partial charge in [0, 0.05) is 42.7 Å². The monoisotopic (exact) mass is 567 g/mol. The van der Waals surface area contributed by atoms with Crippen molar-refractivity contribution in [3.05, 3.63) is 114 Å². The molecule has 0 aliphatic rings. The molecule has 3 aromatic heterocycles. The van der Waals surface area contributed by atoms with E-state index in [1.165, 1.54) is 0 Å². The summed E-state index contributed by atoms with van der Waals surface area (Å²) >= 11 is 3.54. The first-order valence-corrected chi connectivity index (χ1v) is 13.4. The van der Waals surface area contributed by atoms with Gasteiger partial charge in [0.1, 0.15) is 22.3 Å². The first-order valence-electron chi connectivity index (χ1n) is 12.6.